The second-order valence-corrected chi connectivity index (χ2v) is 23.1. The Morgan fingerprint density at radius 1 is 0.259 bits per heavy atom. The van der Waals surface area contributed by atoms with E-state index in [1.54, 1.807) is 0 Å². The highest BCUT2D eigenvalue weighted by Gasteiger charge is 2.19. The summed E-state index contributed by atoms with van der Waals surface area (Å²) in [7, 11) is 0. The predicted octanol–water partition coefficient (Wildman–Crippen LogP) is 24.0. The molecule has 0 spiro atoms. The minimum atomic E-state index is -0.792. The molecule has 0 saturated carbocycles. The largest absolute Gasteiger partial charge is 0.462 e. The minimum Gasteiger partial charge on any atom is -0.462 e. The molecule has 0 aromatic heterocycles. The molecule has 81 heavy (non-hydrogen) atoms. The molecule has 0 bridgehead atoms. The number of carbonyl (C=O) groups excluding carboxylic acids is 3. The topological polar surface area (TPSA) is 78.9 Å². The number of carbonyl (C=O) groups is 3. The average molecular weight is 1130 g/mol. The van der Waals surface area contributed by atoms with Gasteiger partial charge in [-0.15, -0.1) is 0 Å². The Balaban J connectivity index is 4.32. The Kier molecular flexibility index (Phi) is 65.7. The first-order chi connectivity index (χ1) is 40.0. The van der Waals surface area contributed by atoms with Gasteiger partial charge in [-0.25, -0.2) is 0 Å². The molecule has 0 fully saturated rings. The molecule has 0 heterocycles. The number of ether oxygens (including phenoxy) is 3. The minimum absolute atomic E-state index is 0.0848. The molecule has 0 aliphatic carbocycles. The molecule has 466 valence electrons. The SMILES string of the molecule is CC/C=C\C/C=C\C/C=C\C/C=C\C/C=C\C/C=C\CCCCCCC(=O)OC(COC(=O)CCCCCCCCCCCCCCC)COC(=O)CCCCCCCCCCCCCCCCC/C=C\C/C=C\CCCCCCC. The van der Waals surface area contributed by atoms with Crippen molar-refractivity contribution >= 4 is 17.9 Å². The molecule has 0 radical (unpaired) electrons. The molecule has 0 aromatic carbocycles. The van der Waals surface area contributed by atoms with Gasteiger partial charge in [-0.2, -0.15) is 0 Å². The van der Waals surface area contributed by atoms with Crippen molar-refractivity contribution in [3.63, 3.8) is 0 Å². The Morgan fingerprint density at radius 2 is 0.481 bits per heavy atom. The zero-order valence-electron chi connectivity index (χ0n) is 53.5. The van der Waals surface area contributed by atoms with Gasteiger partial charge in [-0.05, 0) is 103 Å². The summed E-state index contributed by atoms with van der Waals surface area (Å²) in [5.41, 5.74) is 0. The normalized spacial score (nSPS) is 12.7. The number of rotatable bonds is 63. The van der Waals surface area contributed by atoms with E-state index in [4.69, 9.17) is 14.2 Å². The van der Waals surface area contributed by atoms with Crippen molar-refractivity contribution in [2.45, 2.75) is 348 Å². The van der Waals surface area contributed by atoms with Crippen LogP contribution in [0.15, 0.2) is 97.2 Å². The highest BCUT2D eigenvalue weighted by Crippen LogP contribution is 2.17. The van der Waals surface area contributed by atoms with Gasteiger partial charge in [-0.3, -0.25) is 14.4 Å². The van der Waals surface area contributed by atoms with Crippen molar-refractivity contribution in [1.82, 2.24) is 0 Å². The van der Waals surface area contributed by atoms with Crippen LogP contribution >= 0.6 is 0 Å². The Hall–Kier alpha value is -3.67. The van der Waals surface area contributed by atoms with Crippen LogP contribution < -0.4 is 0 Å². The van der Waals surface area contributed by atoms with Gasteiger partial charge in [0.05, 0.1) is 0 Å². The summed E-state index contributed by atoms with van der Waals surface area (Å²) in [6, 6.07) is 0. The maximum absolute atomic E-state index is 12.9. The second-order valence-electron chi connectivity index (χ2n) is 23.1. The fourth-order valence-electron chi connectivity index (χ4n) is 9.89. The van der Waals surface area contributed by atoms with Crippen LogP contribution in [0, 0.1) is 0 Å². The van der Waals surface area contributed by atoms with Crippen LogP contribution in [0.2, 0.25) is 0 Å². The molecule has 0 aliphatic rings. The average Bonchev–Trinajstić information content (AvgIpc) is 3.46. The molecule has 0 aliphatic heterocycles. The van der Waals surface area contributed by atoms with Gasteiger partial charge in [0, 0.05) is 19.3 Å². The van der Waals surface area contributed by atoms with Crippen LogP contribution in [0.4, 0.5) is 0 Å². The maximum Gasteiger partial charge on any atom is 0.306 e. The molecular weight excluding hydrogens is 997 g/mol. The molecule has 1 unspecified atom stereocenters. The van der Waals surface area contributed by atoms with Crippen LogP contribution in [0.3, 0.4) is 0 Å². The van der Waals surface area contributed by atoms with Gasteiger partial charge in [-0.1, -0.05) is 317 Å². The van der Waals surface area contributed by atoms with Crippen molar-refractivity contribution < 1.29 is 28.6 Å². The van der Waals surface area contributed by atoms with Crippen LogP contribution in [-0.4, -0.2) is 37.2 Å². The quantitative estimate of drug-likeness (QED) is 0.0261. The lowest BCUT2D eigenvalue weighted by Crippen LogP contribution is -2.30. The lowest BCUT2D eigenvalue weighted by molar-refractivity contribution is -0.167. The fraction of sp³-hybridized carbons (Fsp3) is 0.747. The monoisotopic (exact) mass is 1130 g/mol. The standard InChI is InChI=1S/C75H130O6/c1-4-7-10-13-16-19-22-25-27-29-31-33-35-36-37-38-40-41-43-45-47-50-53-56-59-62-65-68-74(77)80-71-72(70-79-73(76)67-64-61-58-55-52-49-24-21-18-15-12-9-6-3)81-75(78)69-66-63-60-57-54-51-48-46-44-42-39-34-32-30-28-26-23-20-17-14-11-8-5-2/h8,11,17,20,22,25-26,28-29,31-32,34,42,44,48,51,72H,4-7,9-10,12-16,18-19,21,23-24,27,30,33,35-41,43,45-47,49-50,52-71H2,1-3H3/b11-8-,20-17-,25-22-,28-26-,31-29-,34-32-,44-42-,51-48-. The molecule has 0 aromatic rings. The molecule has 1 atom stereocenters. The lowest BCUT2D eigenvalue weighted by atomic mass is 10.0. The molecule has 0 rings (SSSR count). The van der Waals surface area contributed by atoms with E-state index >= 15 is 0 Å². The van der Waals surface area contributed by atoms with Crippen LogP contribution in [0.1, 0.15) is 342 Å². The van der Waals surface area contributed by atoms with E-state index in [-0.39, 0.29) is 31.1 Å². The summed E-state index contributed by atoms with van der Waals surface area (Å²) < 4.78 is 17.0. The highest BCUT2D eigenvalue weighted by molar-refractivity contribution is 5.71. The van der Waals surface area contributed by atoms with E-state index in [1.165, 1.54) is 186 Å². The van der Waals surface area contributed by atoms with Crippen LogP contribution in [0.5, 0.6) is 0 Å². The third-order valence-corrected chi connectivity index (χ3v) is 15.1. The molecule has 6 nitrogen and oxygen atoms in total. The van der Waals surface area contributed by atoms with Crippen LogP contribution in [-0.2, 0) is 28.6 Å². The second kappa shape index (κ2) is 68.8. The summed E-state index contributed by atoms with van der Waals surface area (Å²) in [6.07, 6.45) is 92.8. The number of unbranched alkanes of at least 4 members (excludes halogenated alkanes) is 36. The third kappa shape index (κ3) is 67.0. The molecule has 6 heteroatoms. The van der Waals surface area contributed by atoms with E-state index < -0.39 is 6.10 Å². The highest BCUT2D eigenvalue weighted by atomic mass is 16.6. The van der Waals surface area contributed by atoms with Crippen molar-refractivity contribution in [2.24, 2.45) is 0 Å². The summed E-state index contributed by atoms with van der Waals surface area (Å²) in [5, 5.41) is 0. The number of allylic oxidation sites excluding steroid dienone is 16. The third-order valence-electron chi connectivity index (χ3n) is 15.1. The number of hydrogen-bond donors (Lipinski definition) is 0. The first kappa shape index (κ1) is 77.3. The van der Waals surface area contributed by atoms with E-state index in [2.05, 4.69) is 118 Å². The van der Waals surface area contributed by atoms with Crippen molar-refractivity contribution in [2.75, 3.05) is 13.2 Å². The molecule has 0 saturated heterocycles. The lowest BCUT2D eigenvalue weighted by Gasteiger charge is -2.18. The van der Waals surface area contributed by atoms with Gasteiger partial charge >= 0.3 is 17.9 Å². The van der Waals surface area contributed by atoms with Crippen molar-refractivity contribution in [3.05, 3.63) is 97.2 Å². The Labute approximate surface area is 502 Å². The van der Waals surface area contributed by atoms with Gasteiger partial charge < -0.3 is 14.2 Å². The molecule has 0 amide bonds. The van der Waals surface area contributed by atoms with E-state index in [9.17, 15) is 14.4 Å². The van der Waals surface area contributed by atoms with Crippen molar-refractivity contribution in [1.29, 1.82) is 0 Å². The summed E-state index contributed by atoms with van der Waals surface area (Å²) >= 11 is 0. The van der Waals surface area contributed by atoms with E-state index in [0.29, 0.717) is 19.3 Å². The van der Waals surface area contributed by atoms with Gasteiger partial charge in [0.2, 0.25) is 0 Å². The summed E-state index contributed by atoms with van der Waals surface area (Å²) in [4.78, 5) is 38.4. The maximum atomic E-state index is 12.9. The number of hydrogen-bond acceptors (Lipinski definition) is 6. The van der Waals surface area contributed by atoms with E-state index in [1.807, 2.05) is 0 Å². The smallest absolute Gasteiger partial charge is 0.306 e. The van der Waals surface area contributed by atoms with Gasteiger partial charge in [0.25, 0.3) is 0 Å². The Morgan fingerprint density at radius 3 is 0.753 bits per heavy atom. The Bertz CT molecular complexity index is 1580. The zero-order chi connectivity index (χ0) is 58.5. The molecule has 0 N–H and O–H groups in total. The summed E-state index contributed by atoms with van der Waals surface area (Å²) in [6.45, 7) is 6.53. The predicted molar refractivity (Wildman–Crippen MR) is 353 cm³/mol. The van der Waals surface area contributed by atoms with Crippen molar-refractivity contribution in [3.8, 4) is 0 Å². The molecular formula is C75H130O6. The first-order valence-electron chi connectivity index (χ1n) is 34.7. The summed E-state index contributed by atoms with van der Waals surface area (Å²) in [5.74, 6) is -0.895. The zero-order valence-corrected chi connectivity index (χ0v) is 53.5. The first-order valence-corrected chi connectivity index (χ1v) is 34.7. The van der Waals surface area contributed by atoms with Gasteiger partial charge in [0.1, 0.15) is 13.2 Å². The van der Waals surface area contributed by atoms with Crippen LogP contribution in [0.25, 0.3) is 0 Å². The number of esters is 3. The fourth-order valence-corrected chi connectivity index (χ4v) is 9.89. The van der Waals surface area contributed by atoms with Gasteiger partial charge in [0.15, 0.2) is 6.10 Å². The van der Waals surface area contributed by atoms with E-state index in [0.717, 1.165) is 116 Å².